The normalized spacial score (nSPS) is 17.1. The van der Waals surface area contributed by atoms with Crippen molar-refractivity contribution in [3.63, 3.8) is 0 Å². The Morgan fingerprint density at radius 1 is 1.03 bits per heavy atom. The van der Waals surface area contributed by atoms with E-state index in [4.69, 9.17) is 14.2 Å². The summed E-state index contributed by atoms with van der Waals surface area (Å²) < 4.78 is 29.8. The maximum absolute atomic E-state index is 13.5. The SMILES string of the molecule is COc1cc(C2C(=C(O)c3ccc(F)cc3)C(=O)C(=O)N2c2nc(C)c(C)s2)cc(OC)c1OC. The lowest BCUT2D eigenvalue weighted by Gasteiger charge is -2.24. The zero-order valence-corrected chi connectivity index (χ0v) is 20.5. The van der Waals surface area contributed by atoms with E-state index in [1.807, 2.05) is 6.92 Å². The third-order valence-electron chi connectivity index (χ3n) is 5.79. The molecule has 10 heteroatoms. The molecule has 1 aliphatic heterocycles. The Balaban J connectivity index is 2.01. The summed E-state index contributed by atoms with van der Waals surface area (Å²) in [5.74, 6) is -1.74. The fourth-order valence-corrected chi connectivity index (χ4v) is 4.86. The fraction of sp³-hybridized carbons (Fsp3) is 0.240. The number of anilines is 1. The highest BCUT2D eigenvalue weighted by Gasteiger charge is 2.48. The minimum absolute atomic E-state index is 0.165. The van der Waals surface area contributed by atoms with Gasteiger partial charge in [0.25, 0.3) is 5.78 Å². The lowest BCUT2D eigenvalue weighted by atomic mass is 9.94. The number of hydrogen-bond acceptors (Lipinski definition) is 8. The first-order valence-corrected chi connectivity index (χ1v) is 11.3. The first-order valence-electron chi connectivity index (χ1n) is 10.5. The van der Waals surface area contributed by atoms with Crippen LogP contribution in [0.25, 0.3) is 5.76 Å². The van der Waals surface area contributed by atoms with Crippen LogP contribution >= 0.6 is 11.3 Å². The molecule has 1 saturated heterocycles. The van der Waals surface area contributed by atoms with Gasteiger partial charge in [-0.3, -0.25) is 14.5 Å². The van der Waals surface area contributed by atoms with Gasteiger partial charge in [0.05, 0.1) is 38.6 Å². The van der Waals surface area contributed by atoms with E-state index in [0.717, 1.165) is 17.0 Å². The number of ether oxygens (including phenoxy) is 3. The standard InChI is InChI=1S/C25H23FN2O6S/c1-12-13(2)35-25(27-12)28-20(15-10-17(32-3)23(34-5)18(11-15)33-4)19(22(30)24(28)31)21(29)14-6-8-16(26)9-7-14/h6-11,20,29H,1-5H3. The number of carbonyl (C=O) groups excluding carboxylic acids is 2. The number of ketones is 1. The lowest BCUT2D eigenvalue weighted by molar-refractivity contribution is -0.132. The van der Waals surface area contributed by atoms with Gasteiger partial charge < -0.3 is 19.3 Å². The molecule has 0 radical (unpaired) electrons. The van der Waals surface area contributed by atoms with Gasteiger partial charge in [0.1, 0.15) is 11.6 Å². The van der Waals surface area contributed by atoms with Crippen LogP contribution in [0.5, 0.6) is 17.2 Å². The van der Waals surface area contributed by atoms with Crippen LogP contribution in [0.3, 0.4) is 0 Å². The number of amides is 1. The number of nitrogens with zero attached hydrogens (tertiary/aromatic N) is 2. The topological polar surface area (TPSA) is 98.2 Å². The van der Waals surface area contributed by atoms with Crippen LogP contribution in [0.2, 0.25) is 0 Å². The molecule has 1 atom stereocenters. The zero-order chi connectivity index (χ0) is 25.4. The van der Waals surface area contributed by atoms with Crippen molar-refractivity contribution in [3.8, 4) is 17.2 Å². The van der Waals surface area contributed by atoms with Gasteiger partial charge in [0, 0.05) is 10.4 Å². The zero-order valence-electron chi connectivity index (χ0n) is 19.7. The van der Waals surface area contributed by atoms with Crippen molar-refractivity contribution in [1.29, 1.82) is 0 Å². The second-order valence-corrected chi connectivity index (χ2v) is 8.95. The number of aliphatic hydroxyl groups excluding tert-OH is 1. The predicted octanol–water partition coefficient (Wildman–Crippen LogP) is 4.55. The summed E-state index contributed by atoms with van der Waals surface area (Å²) in [5.41, 5.74) is 1.16. The molecule has 0 bridgehead atoms. The van der Waals surface area contributed by atoms with E-state index < -0.39 is 29.3 Å². The minimum Gasteiger partial charge on any atom is -0.507 e. The van der Waals surface area contributed by atoms with E-state index in [9.17, 15) is 19.1 Å². The lowest BCUT2D eigenvalue weighted by Crippen LogP contribution is -2.29. The average Bonchev–Trinajstić information content (AvgIpc) is 3.32. The van der Waals surface area contributed by atoms with Gasteiger partial charge in [0.2, 0.25) is 5.75 Å². The van der Waals surface area contributed by atoms with Gasteiger partial charge in [-0.15, -0.1) is 11.3 Å². The second-order valence-electron chi connectivity index (χ2n) is 7.77. The third-order valence-corrected chi connectivity index (χ3v) is 6.86. The van der Waals surface area contributed by atoms with Gasteiger partial charge in [-0.1, -0.05) is 0 Å². The maximum Gasteiger partial charge on any atom is 0.301 e. The summed E-state index contributed by atoms with van der Waals surface area (Å²) in [5, 5.41) is 11.5. The van der Waals surface area contributed by atoms with E-state index in [-0.39, 0.29) is 11.1 Å². The highest BCUT2D eigenvalue weighted by Crippen LogP contribution is 2.47. The molecule has 0 spiro atoms. The average molecular weight is 499 g/mol. The van der Waals surface area contributed by atoms with Crippen molar-refractivity contribution in [2.75, 3.05) is 26.2 Å². The van der Waals surface area contributed by atoms with Crippen molar-refractivity contribution < 1.29 is 33.3 Å². The number of thiazole rings is 1. The van der Waals surface area contributed by atoms with E-state index in [2.05, 4.69) is 4.98 Å². The summed E-state index contributed by atoms with van der Waals surface area (Å²) >= 11 is 1.26. The molecule has 1 amide bonds. The number of aryl methyl sites for hydroxylation is 2. The molecule has 1 aliphatic rings. The third kappa shape index (κ3) is 4.10. The van der Waals surface area contributed by atoms with Crippen LogP contribution < -0.4 is 19.1 Å². The molecule has 1 aromatic heterocycles. The van der Waals surface area contributed by atoms with Gasteiger partial charge in [-0.05, 0) is 55.8 Å². The maximum atomic E-state index is 13.5. The summed E-state index contributed by atoms with van der Waals surface area (Å²) in [6.07, 6.45) is 0. The monoisotopic (exact) mass is 498 g/mol. The van der Waals surface area contributed by atoms with Gasteiger partial charge >= 0.3 is 5.91 Å². The van der Waals surface area contributed by atoms with Gasteiger partial charge in [-0.2, -0.15) is 0 Å². The van der Waals surface area contributed by atoms with Crippen LogP contribution in [-0.4, -0.2) is 43.1 Å². The Morgan fingerprint density at radius 2 is 1.63 bits per heavy atom. The summed E-state index contributed by atoms with van der Waals surface area (Å²) in [7, 11) is 4.36. The number of halogens is 1. The molecule has 2 heterocycles. The van der Waals surface area contributed by atoms with Crippen LogP contribution in [0, 0.1) is 19.7 Å². The molecule has 1 fully saturated rings. The Kier molecular flexibility index (Phi) is 6.49. The Hall–Kier alpha value is -3.92. The predicted molar refractivity (Wildman–Crippen MR) is 129 cm³/mol. The number of benzene rings is 2. The van der Waals surface area contributed by atoms with Crippen molar-refractivity contribution in [3.05, 3.63) is 69.5 Å². The number of methoxy groups -OCH3 is 3. The molecule has 1 N–H and O–H groups in total. The molecule has 3 aromatic rings. The first-order chi connectivity index (χ1) is 16.7. The minimum atomic E-state index is -1.06. The van der Waals surface area contributed by atoms with Crippen LogP contribution in [0.15, 0.2) is 42.0 Å². The van der Waals surface area contributed by atoms with Crippen molar-refractivity contribution in [2.24, 2.45) is 0 Å². The van der Waals surface area contributed by atoms with Gasteiger partial charge in [0.15, 0.2) is 16.6 Å². The number of carbonyl (C=O) groups is 2. The number of hydrogen-bond donors (Lipinski definition) is 1. The van der Waals surface area contributed by atoms with E-state index in [1.54, 1.807) is 19.1 Å². The smallest absolute Gasteiger partial charge is 0.301 e. The number of Topliss-reactive ketones (excluding diaryl/α,β-unsaturated/α-hetero) is 1. The molecule has 4 rings (SSSR count). The van der Waals surface area contributed by atoms with Crippen LogP contribution in [0.1, 0.15) is 27.7 Å². The van der Waals surface area contributed by atoms with Crippen LogP contribution in [-0.2, 0) is 9.59 Å². The number of rotatable bonds is 6. The van der Waals surface area contributed by atoms with E-state index >= 15 is 0 Å². The van der Waals surface area contributed by atoms with Gasteiger partial charge in [-0.25, -0.2) is 9.37 Å². The highest BCUT2D eigenvalue weighted by molar-refractivity contribution is 7.16. The van der Waals surface area contributed by atoms with Crippen molar-refractivity contribution >= 4 is 33.9 Å². The quantitative estimate of drug-likeness (QED) is 0.302. The largest absolute Gasteiger partial charge is 0.507 e. The number of aliphatic hydroxyl groups is 1. The first kappa shape index (κ1) is 24.2. The number of aromatic nitrogens is 1. The molecule has 182 valence electrons. The highest BCUT2D eigenvalue weighted by atomic mass is 32.1. The summed E-state index contributed by atoms with van der Waals surface area (Å²) in [6, 6.07) is 7.15. The second kappa shape index (κ2) is 9.38. The molecule has 0 saturated carbocycles. The van der Waals surface area contributed by atoms with E-state index in [1.165, 1.54) is 49.7 Å². The fourth-order valence-electron chi connectivity index (χ4n) is 3.93. The summed E-state index contributed by atoms with van der Waals surface area (Å²) in [6.45, 7) is 3.67. The van der Waals surface area contributed by atoms with Crippen molar-refractivity contribution in [1.82, 2.24) is 4.98 Å². The van der Waals surface area contributed by atoms with Crippen LogP contribution in [0.4, 0.5) is 9.52 Å². The summed E-state index contributed by atoms with van der Waals surface area (Å²) in [4.78, 5) is 33.2. The molecular weight excluding hydrogens is 475 g/mol. The Bertz CT molecular complexity index is 1300. The molecule has 2 aromatic carbocycles. The Morgan fingerprint density at radius 3 is 2.11 bits per heavy atom. The Labute approximate surface area is 205 Å². The molecule has 0 aliphatic carbocycles. The molecule has 1 unspecified atom stereocenters. The van der Waals surface area contributed by atoms with Crippen molar-refractivity contribution in [2.45, 2.75) is 19.9 Å². The molecule has 8 nitrogen and oxygen atoms in total. The molecule has 35 heavy (non-hydrogen) atoms. The molecular formula is C25H23FN2O6S. The van der Waals surface area contributed by atoms with E-state index in [0.29, 0.717) is 33.6 Å².